The van der Waals surface area contributed by atoms with E-state index >= 15 is 0 Å². The molecule has 11 heavy (non-hydrogen) atoms. The summed E-state index contributed by atoms with van der Waals surface area (Å²) in [5.41, 5.74) is 0.823. The Morgan fingerprint density at radius 3 is 2.18 bits per heavy atom. The maximum Gasteiger partial charge on any atom is 0.0404 e. The molecule has 0 aromatic heterocycles. The highest BCUT2D eigenvalue weighted by atomic mass is 35.7. The van der Waals surface area contributed by atoms with Crippen molar-refractivity contribution in [2.24, 2.45) is 23.7 Å². The van der Waals surface area contributed by atoms with Crippen LogP contribution in [0.3, 0.4) is 0 Å². The summed E-state index contributed by atoms with van der Waals surface area (Å²) in [6.45, 7) is 2.20. The molecule has 3 heteroatoms. The standard InChI is InChI=1S/C8H11Cl2P/c1-11(10)8-4-2-3-5(6(3)8)7(4)9/h3-8H,2H2,1H3/t3-,4+,5?,6?,7-,8-,11?/m0/s1. The Bertz CT molecular complexity index is 206. The quantitative estimate of drug-likeness (QED) is 0.459. The zero-order valence-electron chi connectivity index (χ0n) is 6.37. The molecular formula is C8H11Cl2P. The first-order valence-electron chi connectivity index (χ1n) is 4.24. The molecular weight excluding hydrogens is 198 g/mol. The third kappa shape index (κ3) is 0.729. The molecule has 7 atom stereocenters. The van der Waals surface area contributed by atoms with Gasteiger partial charge in [-0.3, -0.25) is 0 Å². The fourth-order valence-electron chi connectivity index (χ4n) is 3.52. The summed E-state index contributed by atoms with van der Waals surface area (Å²) in [5, 5.41) is 0.499. The molecule has 4 fully saturated rings. The first-order chi connectivity index (χ1) is 5.22. The van der Waals surface area contributed by atoms with E-state index in [0.717, 1.165) is 29.3 Å². The second kappa shape index (κ2) is 2.08. The summed E-state index contributed by atoms with van der Waals surface area (Å²) in [5.74, 6) is 3.63. The van der Waals surface area contributed by atoms with E-state index in [-0.39, 0.29) is 7.27 Å². The molecule has 0 aliphatic heterocycles. The maximum atomic E-state index is 6.29. The largest absolute Gasteiger partial charge is 0.122 e. The molecule has 62 valence electrons. The lowest BCUT2D eigenvalue weighted by Gasteiger charge is -2.18. The fraction of sp³-hybridized carbons (Fsp3) is 1.00. The normalized spacial score (nSPS) is 66.8. The van der Waals surface area contributed by atoms with Crippen LogP contribution < -0.4 is 0 Å². The first kappa shape index (κ1) is 7.42. The van der Waals surface area contributed by atoms with Gasteiger partial charge in [0, 0.05) is 11.0 Å². The summed E-state index contributed by atoms with van der Waals surface area (Å²) < 4.78 is 0. The van der Waals surface area contributed by atoms with Crippen molar-refractivity contribution in [3.63, 3.8) is 0 Å². The minimum absolute atomic E-state index is 0.236. The van der Waals surface area contributed by atoms with E-state index < -0.39 is 0 Å². The van der Waals surface area contributed by atoms with Gasteiger partial charge in [-0.15, -0.1) is 11.6 Å². The van der Waals surface area contributed by atoms with Crippen molar-refractivity contribution in [1.82, 2.24) is 0 Å². The van der Waals surface area contributed by atoms with E-state index in [2.05, 4.69) is 6.66 Å². The third-order valence-electron chi connectivity index (χ3n) is 3.86. The molecule has 0 aromatic rings. The van der Waals surface area contributed by atoms with Gasteiger partial charge in [-0.05, 0) is 44.0 Å². The second-order valence-electron chi connectivity index (χ2n) is 4.18. The van der Waals surface area contributed by atoms with Crippen LogP contribution in [-0.4, -0.2) is 17.7 Å². The fourth-order valence-corrected chi connectivity index (χ4v) is 6.79. The van der Waals surface area contributed by atoms with Crippen molar-refractivity contribution in [1.29, 1.82) is 0 Å². The molecule has 4 aliphatic carbocycles. The van der Waals surface area contributed by atoms with Gasteiger partial charge in [0.1, 0.15) is 0 Å². The van der Waals surface area contributed by atoms with Crippen molar-refractivity contribution >= 4 is 30.1 Å². The van der Waals surface area contributed by atoms with E-state index in [4.69, 9.17) is 22.8 Å². The monoisotopic (exact) mass is 208 g/mol. The second-order valence-corrected chi connectivity index (χ2v) is 7.93. The average Bonchev–Trinajstić information content (AvgIpc) is 2.33. The molecule has 0 N–H and O–H groups in total. The third-order valence-corrected chi connectivity index (χ3v) is 6.70. The van der Waals surface area contributed by atoms with Crippen molar-refractivity contribution in [2.75, 3.05) is 6.66 Å². The van der Waals surface area contributed by atoms with Crippen LogP contribution >= 0.6 is 30.1 Å². The predicted molar refractivity (Wildman–Crippen MR) is 50.7 cm³/mol. The lowest BCUT2D eigenvalue weighted by Crippen LogP contribution is -2.13. The van der Waals surface area contributed by atoms with Crippen molar-refractivity contribution in [3.8, 4) is 0 Å². The van der Waals surface area contributed by atoms with Crippen molar-refractivity contribution in [2.45, 2.75) is 17.5 Å². The number of halogens is 2. The van der Waals surface area contributed by atoms with Crippen molar-refractivity contribution < 1.29 is 0 Å². The average molecular weight is 209 g/mol. The van der Waals surface area contributed by atoms with Gasteiger partial charge < -0.3 is 0 Å². The van der Waals surface area contributed by atoms with Gasteiger partial charge in [-0.1, -0.05) is 11.2 Å². The van der Waals surface area contributed by atoms with Crippen LogP contribution in [0.4, 0.5) is 0 Å². The minimum Gasteiger partial charge on any atom is -0.122 e. The van der Waals surface area contributed by atoms with E-state index in [1.807, 2.05) is 0 Å². The van der Waals surface area contributed by atoms with E-state index in [9.17, 15) is 0 Å². The molecule has 4 aliphatic rings. The van der Waals surface area contributed by atoms with Crippen LogP contribution in [0.25, 0.3) is 0 Å². The zero-order chi connectivity index (χ0) is 7.75. The van der Waals surface area contributed by atoms with Gasteiger partial charge in [0.2, 0.25) is 0 Å². The first-order valence-corrected chi connectivity index (χ1v) is 7.44. The molecule has 4 rings (SSSR count). The minimum atomic E-state index is -0.236. The van der Waals surface area contributed by atoms with Crippen LogP contribution in [0.15, 0.2) is 0 Å². The van der Waals surface area contributed by atoms with Gasteiger partial charge in [0.25, 0.3) is 0 Å². The number of hydrogen-bond donors (Lipinski definition) is 0. The van der Waals surface area contributed by atoms with Crippen LogP contribution in [0, 0.1) is 23.7 Å². The molecule has 0 aromatic carbocycles. The summed E-state index contributed by atoms with van der Waals surface area (Å²) in [6.07, 6.45) is 1.40. The van der Waals surface area contributed by atoms with Crippen LogP contribution in [-0.2, 0) is 0 Å². The summed E-state index contributed by atoms with van der Waals surface area (Å²) >= 11 is 12.5. The lowest BCUT2D eigenvalue weighted by atomic mass is 10.1. The Morgan fingerprint density at radius 2 is 2.00 bits per heavy atom. The van der Waals surface area contributed by atoms with E-state index in [1.165, 1.54) is 6.42 Å². The number of hydrogen-bond acceptors (Lipinski definition) is 0. The predicted octanol–water partition coefficient (Wildman–Crippen LogP) is 3.12. The van der Waals surface area contributed by atoms with E-state index in [0.29, 0.717) is 5.38 Å². The van der Waals surface area contributed by atoms with Gasteiger partial charge in [-0.25, -0.2) is 0 Å². The van der Waals surface area contributed by atoms with Gasteiger partial charge in [0.05, 0.1) is 0 Å². The molecule has 0 heterocycles. The molecule has 0 radical (unpaired) electrons. The SMILES string of the molecule is CP(Cl)[C@@H]1C2C3[C@@H]2C[C@@H]1[C@@H]3Cl. The van der Waals surface area contributed by atoms with Crippen molar-refractivity contribution in [3.05, 3.63) is 0 Å². The number of alkyl halides is 1. The molecule has 0 saturated heterocycles. The van der Waals surface area contributed by atoms with Crippen LogP contribution in [0.1, 0.15) is 6.42 Å². The molecule has 4 bridgehead atoms. The highest BCUT2D eigenvalue weighted by Crippen LogP contribution is 2.78. The molecule has 0 spiro atoms. The van der Waals surface area contributed by atoms with Crippen LogP contribution in [0.5, 0.6) is 0 Å². The van der Waals surface area contributed by atoms with Gasteiger partial charge in [0.15, 0.2) is 0 Å². The number of rotatable bonds is 1. The Labute approximate surface area is 78.2 Å². The lowest BCUT2D eigenvalue weighted by molar-refractivity contribution is 0.618. The summed E-state index contributed by atoms with van der Waals surface area (Å²) in [6, 6.07) is 0. The Kier molecular flexibility index (Phi) is 1.40. The smallest absolute Gasteiger partial charge is 0.0404 e. The molecule has 0 amide bonds. The maximum absolute atomic E-state index is 6.29. The molecule has 4 saturated carbocycles. The summed E-state index contributed by atoms with van der Waals surface area (Å²) in [4.78, 5) is 0. The molecule has 3 unspecified atom stereocenters. The summed E-state index contributed by atoms with van der Waals surface area (Å²) in [7, 11) is -0.236. The molecule has 0 nitrogen and oxygen atoms in total. The topological polar surface area (TPSA) is 0 Å². The Hall–Kier alpha value is 1.01. The zero-order valence-corrected chi connectivity index (χ0v) is 8.78. The van der Waals surface area contributed by atoms with Gasteiger partial charge >= 0.3 is 0 Å². The Balaban J connectivity index is 1.92. The highest BCUT2D eigenvalue weighted by Gasteiger charge is 2.73. The Morgan fingerprint density at radius 1 is 1.27 bits per heavy atom. The van der Waals surface area contributed by atoms with Crippen LogP contribution in [0.2, 0.25) is 0 Å². The van der Waals surface area contributed by atoms with Gasteiger partial charge in [-0.2, -0.15) is 0 Å². The highest BCUT2D eigenvalue weighted by molar-refractivity contribution is 7.84. The van der Waals surface area contributed by atoms with E-state index in [1.54, 1.807) is 0 Å².